The zero-order valence-corrected chi connectivity index (χ0v) is 11.2. The van der Waals surface area contributed by atoms with Crippen molar-refractivity contribution < 1.29 is 9.59 Å². The molecule has 0 aromatic rings. The highest BCUT2D eigenvalue weighted by Crippen LogP contribution is 2.14. The topological polar surface area (TPSA) is 61.4 Å². The van der Waals surface area contributed by atoms with Crippen LogP contribution in [0.5, 0.6) is 0 Å². The van der Waals surface area contributed by atoms with E-state index in [-0.39, 0.29) is 36.8 Å². The number of nitrogens with zero attached hydrogens (tertiary/aromatic N) is 1. The monoisotopic (exact) mass is 279 g/mol. The van der Waals surface area contributed by atoms with Gasteiger partial charge in [-0.15, -0.1) is 24.2 Å². The van der Waals surface area contributed by atoms with Gasteiger partial charge in [-0.1, -0.05) is 0 Å². The van der Waals surface area contributed by atoms with Crippen LogP contribution in [0.4, 0.5) is 0 Å². The van der Waals surface area contributed by atoms with Crippen LogP contribution >= 0.6 is 24.2 Å². The van der Waals surface area contributed by atoms with Gasteiger partial charge in [0.25, 0.3) is 0 Å². The lowest BCUT2D eigenvalue weighted by molar-refractivity contribution is -0.132. The average Bonchev–Trinajstić information content (AvgIpc) is 2.66. The Kier molecular flexibility index (Phi) is 6.08. The van der Waals surface area contributed by atoms with Crippen LogP contribution in [-0.2, 0) is 9.59 Å². The minimum absolute atomic E-state index is 0. The number of nitrogens with one attached hydrogen (secondary N) is 2. The van der Waals surface area contributed by atoms with Crippen molar-refractivity contribution in [3.05, 3.63) is 0 Å². The highest BCUT2D eigenvalue weighted by molar-refractivity contribution is 8.00. The molecule has 2 amide bonds. The summed E-state index contributed by atoms with van der Waals surface area (Å²) >= 11 is 1.56. The van der Waals surface area contributed by atoms with Crippen LogP contribution in [0.2, 0.25) is 0 Å². The van der Waals surface area contributed by atoms with Crippen molar-refractivity contribution >= 4 is 36.0 Å². The van der Waals surface area contributed by atoms with Gasteiger partial charge in [-0.2, -0.15) is 0 Å². The Morgan fingerprint density at radius 1 is 1.59 bits per heavy atom. The van der Waals surface area contributed by atoms with Crippen molar-refractivity contribution in [2.75, 3.05) is 31.3 Å². The molecule has 5 nitrogen and oxygen atoms in total. The Hall–Kier alpha value is -0.460. The Bertz CT molecular complexity index is 285. The van der Waals surface area contributed by atoms with Crippen LogP contribution in [0.15, 0.2) is 0 Å². The van der Waals surface area contributed by atoms with E-state index in [1.807, 2.05) is 0 Å². The molecule has 0 aromatic heterocycles. The summed E-state index contributed by atoms with van der Waals surface area (Å²) in [5, 5.41) is 6.20. The van der Waals surface area contributed by atoms with E-state index in [0.29, 0.717) is 11.6 Å². The second-order valence-corrected chi connectivity index (χ2v) is 5.14. The second-order valence-electron chi connectivity index (χ2n) is 4.18. The van der Waals surface area contributed by atoms with Crippen molar-refractivity contribution in [2.24, 2.45) is 0 Å². The summed E-state index contributed by atoms with van der Waals surface area (Å²) in [7, 11) is 0. The molecule has 0 radical (unpaired) electrons. The molecule has 2 fully saturated rings. The number of hydrogen-bond donors (Lipinski definition) is 2. The van der Waals surface area contributed by atoms with E-state index >= 15 is 0 Å². The molecule has 1 atom stereocenters. The Morgan fingerprint density at radius 3 is 3.00 bits per heavy atom. The molecular formula is C10H18ClN3O2S. The molecule has 17 heavy (non-hydrogen) atoms. The summed E-state index contributed by atoms with van der Waals surface area (Å²) in [6.07, 6.45) is 2.13. The van der Waals surface area contributed by atoms with E-state index < -0.39 is 0 Å². The molecule has 2 heterocycles. The van der Waals surface area contributed by atoms with E-state index in [4.69, 9.17) is 0 Å². The first-order valence-corrected chi connectivity index (χ1v) is 6.77. The lowest BCUT2D eigenvalue weighted by Crippen LogP contribution is -2.48. The Balaban J connectivity index is 0.00000144. The van der Waals surface area contributed by atoms with Gasteiger partial charge in [0.2, 0.25) is 11.8 Å². The van der Waals surface area contributed by atoms with Gasteiger partial charge in [-0.3, -0.25) is 9.59 Å². The molecule has 0 unspecified atom stereocenters. The van der Waals surface area contributed by atoms with E-state index in [1.165, 1.54) is 0 Å². The summed E-state index contributed by atoms with van der Waals surface area (Å²) < 4.78 is 0. The molecule has 2 aliphatic rings. The average molecular weight is 280 g/mol. The summed E-state index contributed by atoms with van der Waals surface area (Å²) in [6, 6.07) is 0.228. The van der Waals surface area contributed by atoms with Gasteiger partial charge in [0, 0.05) is 12.6 Å². The SMILES string of the molecule is Cl.O=C(CN1CSCC1=O)N[C@H]1CCCNC1. The third kappa shape index (κ3) is 4.37. The van der Waals surface area contributed by atoms with Gasteiger partial charge in [0.15, 0.2) is 0 Å². The molecule has 2 saturated heterocycles. The zero-order chi connectivity index (χ0) is 11.4. The maximum atomic E-state index is 11.7. The van der Waals surface area contributed by atoms with E-state index in [1.54, 1.807) is 16.7 Å². The first kappa shape index (κ1) is 14.6. The van der Waals surface area contributed by atoms with Crippen molar-refractivity contribution in [1.29, 1.82) is 0 Å². The minimum Gasteiger partial charge on any atom is -0.351 e. The van der Waals surface area contributed by atoms with E-state index in [0.717, 1.165) is 25.9 Å². The summed E-state index contributed by atoms with van der Waals surface area (Å²) in [6.45, 7) is 2.09. The molecule has 98 valence electrons. The van der Waals surface area contributed by atoms with Crippen LogP contribution in [0, 0.1) is 0 Å². The van der Waals surface area contributed by atoms with E-state index in [9.17, 15) is 9.59 Å². The molecule has 0 aliphatic carbocycles. The number of piperidine rings is 1. The van der Waals surface area contributed by atoms with E-state index in [2.05, 4.69) is 10.6 Å². The van der Waals surface area contributed by atoms with Crippen LogP contribution < -0.4 is 10.6 Å². The maximum absolute atomic E-state index is 11.7. The minimum atomic E-state index is -0.0375. The largest absolute Gasteiger partial charge is 0.351 e. The van der Waals surface area contributed by atoms with Gasteiger partial charge in [0.1, 0.15) is 6.54 Å². The molecule has 0 spiro atoms. The van der Waals surface area contributed by atoms with Crippen LogP contribution in [0.3, 0.4) is 0 Å². The quantitative estimate of drug-likeness (QED) is 0.752. The third-order valence-electron chi connectivity index (χ3n) is 2.82. The van der Waals surface area contributed by atoms with Crippen molar-refractivity contribution in [2.45, 2.75) is 18.9 Å². The lowest BCUT2D eigenvalue weighted by Gasteiger charge is -2.24. The summed E-state index contributed by atoms with van der Waals surface area (Å²) in [5.41, 5.74) is 0. The van der Waals surface area contributed by atoms with Gasteiger partial charge in [0.05, 0.1) is 11.6 Å². The molecular weight excluding hydrogens is 262 g/mol. The number of rotatable bonds is 3. The highest BCUT2D eigenvalue weighted by atomic mass is 35.5. The fourth-order valence-electron chi connectivity index (χ4n) is 1.96. The van der Waals surface area contributed by atoms with Gasteiger partial charge in [-0.05, 0) is 19.4 Å². The molecule has 2 aliphatic heterocycles. The van der Waals surface area contributed by atoms with Crippen molar-refractivity contribution in [3.63, 3.8) is 0 Å². The molecule has 7 heteroatoms. The van der Waals surface area contributed by atoms with Crippen LogP contribution in [0.1, 0.15) is 12.8 Å². The number of carbonyl (C=O) groups excluding carboxylic acids is 2. The molecule has 2 rings (SSSR count). The first-order chi connectivity index (χ1) is 7.75. The third-order valence-corrected chi connectivity index (χ3v) is 3.77. The number of carbonyl (C=O) groups is 2. The molecule has 0 bridgehead atoms. The van der Waals surface area contributed by atoms with Gasteiger partial charge < -0.3 is 15.5 Å². The number of amides is 2. The zero-order valence-electron chi connectivity index (χ0n) is 9.61. The van der Waals surface area contributed by atoms with Crippen molar-refractivity contribution in [3.8, 4) is 0 Å². The molecule has 0 saturated carbocycles. The second kappa shape index (κ2) is 7.08. The van der Waals surface area contributed by atoms with Crippen LogP contribution in [0.25, 0.3) is 0 Å². The first-order valence-electron chi connectivity index (χ1n) is 5.61. The fraction of sp³-hybridized carbons (Fsp3) is 0.800. The molecule has 0 aromatic carbocycles. The predicted molar refractivity (Wildman–Crippen MR) is 70.3 cm³/mol. The van der Waals surface area contributed by atoms with Crippen molar-refractivity contribution in [1.82, 2.24) is 15.5 Å². The van der Waals surface area contributed by atoms with Gasteiger partial charge >= 0.3 is 0 Å². The number of hydrogen-bond acceptors (Lipinski definition) is 4. The van der Waals surface area contributed by atoms with Crippen LogP contribution in [-0.4, -0.2) is 54.0 Å². The predicted octanol–water partition coefficient (Wildman–Crippen LogP) is -0.191. The lowest BCUT2D eigenvalue weighted by atomic mass is 10.1. The number of thioether (sulfide) groups is 1. The summed E-state index contributed by atoms with van der Waals surface area (Å²) in [5.74, 6) is 1.19. The standard InChI is InChI=1S/C10H17N3O2S.ClH/c14-9(5-13-7-16-6-10(13)15)12-8-2-1-3-11-4-8;/h8,11H,1-7H2,(H,12,14);1H/t8-;/m0./s1. The smallest absolute Gasteiger partial charge is 0.239 e. The number of halogens is 1. The Morgan fingerprint density at radius 2 is 2.41 bits per heavy atom. The normalized spacial score (nSPS) is 24.4. The highest BCUT2D eigenvalue weighted by Gasteiger charge is 2.24. The molecule has 2 N–H and O–H groups in total. The van der Waals surface area contributed by atoms with Gasteiger partial charge in [-0.25, -0.2) is 0 Å². The Labute approximate surface area is 111 Å². The maximum Gasteiger partial charge on any atom is 0.239 e. The summed E-state index contributed by atoms with van der Waals surface area (Å²) in [4.78, 5) is 24.6. The fourth-order valence-corrected chi connectivity index (χ4v) is 2.87.